The van der Waals surface area contributed by atoms with Crippen molar-refractivity contribution in [2.75, 3.05) is 12.9 Å². The molecule has 3 rings (SSSR count). The summed E-state index contributed by atoms with van der Waals surface area (Å²) in [5, 5.41) is 9.04. The van der Waals surface area contributed by atoms with Crippen LogP contribution in [0.1, 0.15) is 35.7 Å². The molecule has 0 aromatic heterocycles. The second-order valence-corrected chi connectivity index (χ2v) is 10.3. The number of carbonyl (C=O) groups excluding carboxylic acids is 3. The number of benzene rings is 2. The topological polar surface area (TPSA) is 126 Å². The van der Waals surface area contributed by atoms with E-state index >= 15 is 0 Å². The van der Waals surface area contributed by atoms with E-state index < -0.39 is 64.2 Å². The minimum Gasteiger partial charge on any atom is -0.481 e. The first-order valence-corrected chi connectivity index (χ1v) is 12.6. The number of hydrogen-bond acceptors (Lipinski definition) is 6. The smallest absolute Gasteiger partial charge is 0.304 e. The second-order valence-electron chi connectivity index (χ2n) is 8.30. The number of amides is 1. The molecule has 1 amide bonds. The average molecular weight is 508 g/mol. The van der Waals surface area contributed by atoms with E-state index in [9.17, 15) is 36.4 Å². The molecule has 2 aromatic carbocycles. The Labute approximate surface area is 200 Å². The number of aliphatic carboxylic acids is 1. The Kier molecular flexibility index (Phi) is 7.49. The molecule has 2 atom stereocenters. The third-order valence-electron chi connectivity index (χ3n) is 5.96. The Morgan fingerprint density at radius 2 is 1.80 bits per heavy atom. The number of Topliss-reactive ketones (excluding diaryl/α,β-unsaturated/α-hetero) is 2. The van der Waals surface area contributed by atoms with Gasteiger partial charge in [0.05, 0.1) is 23.3 Å². The first-order valence-electron chi connectivity index (χ1n) is 10.7. The first-order chi connectivity index (χ1) is 16.4. The molecule has 0 saturated heterocycles. The van der Waals surface area contributed by atoms with Gasteiger partial charge < -0.3 is 10.0 Å². The Morgan fingerprint density at radius 3 is 2.34 bits per heavy atom. The minimum absolute atomic E-state index is 0.00218. The zero-order valence-corrected chi connectivity index (χ0v) is 19.8. The van der Waals surface area contributed by atoms with Crippen molar-refractivity contribution in [3.05, 3.63) is 53.3 Å². The van der Waals surface area contributed by atoms with Gasteiger partial charge >= 0.3 is 5.97 Å². The lowest BCUT2D eigenvalue weighted by Crippen LogP contribution is -2.46. The molecule has 1 heterocycles. The number of rotatable bonds is 10. The predicted molar refractivity (Wildman–Crippen MR) is 121 cm³/mol. The number of hydrogen-bond donors (Lipinski definition) is 1. The zero-order chi connectivity index (χ0) is 26.1. The lowest BCUT2D eigenvalue weighted by molar-refractivity contribution is -0.146. The molecule has 1 aliphatic rings. The lowest BCUT2D eigenvalue weighted by Gasteiger charge is -2.28. The number of fused-ring (bicyclic) bond motifs is 1. The van der Waals surface area contributed by atoms with Crippen LogP contribution in [0.15, 0.2) is 41.3 Å². The number of halogens is 2. The normalized spacial score (nSPS) is 15.0. The molecule has 1 aliphatic heterocycles. The van der Waals surface area contributed by atoms with E-state index in [2.05, 4.69) is 0 Å². The maximum absolute atomic E-state index is 14.7. The van der Waals surface area contributed by atoms with Crippen molar-refractivity contribution in [3.8, 4) is 11.1 Å². The molecule has 0 fully saturated rings. The van der Waals surface area contributed by atoms with Crippen molar-refractivity contribution < 1.29 is 41.5 Å². The Morgan fingerprint density at radius 1 is 1.11 bits per heavy atom. The van der Waals surface area contributed by atoms with Crippen LogP contribution in [-0.4, -0.2) is 60.8 Å². The van der Waals surface area contributed by atoms with E-state index in [4.69, 9.17) is 5.11 Å². The average Bonchev–Trinajstić information content (AvgIpc) is 3.12. The van der Waals surface area contributed by atoms with E-state index in [1.54, 1.807) is 19.1 Å². The van der Waals surface area contributed by atoms with Gasteiger partial charge in [-0.3, -0.25) is 19.2 Å². The number of alkyl halides is 1. The molecule has 2 aromatic rings. The van der Waals surface area contributed by atoms with Crippen molar-refractivity contribution in [3.63, 3.8) is 0 Å². The zero-order valence-electron chi connectivity index (χ0n) is 19.0. The molecule has 1 N–H and O–H groups in total. The van der Waals surface area contributed by atoms with Gasteiger partial charge in [0.2, 0.25) is 0 Å². The van der Waals surface area contributed by atoms with Crippen LogP contribution in [-0.2, 0) is 30.8 Å². The largest absolute Gasteiger partial charge is 0.481 e. The molecular formula is C24H23F2NO7S. The maximum Gasteiger partial charge on any atom is 0.304 e. The van der Waals surface area contributed by atoms with Gasteiger partial charge in [-0.05, 0) is 35.7 Å². The molecule has 35 heavy (non-hydrogen) atoms. The van der Waals surface area contributed by atoms with Gasteiger partial charge in [-0.2, -0.15) is 0 Å². The molecule has 186 valence electrons. The van der Waals surface area contributed by atoms with E-state index in [0.717, 1.165) is 12.3 Å². The fourth-order valence-corrected chi connectivity index (χ4v) is 4.78. The standard InChI is InChI=1S/C24H23F2NO7S/c1-3-20(23(31)18(10-22(29)30)21(28)11-25)27-12-14-5-4-13(8-17(14)24(27)32)16-7-6-15(9-19(16)26)35(2,33)34/h4-9,18,20H,3,10-12H2,1-2H3,(H,29,30). The van der Waals surface area contributed by atoms with Gasteiger partial charge in [-0.1, -0.05) is 25.1 Å². The summed E-state index contributed by atoms with van der Waals surface area (Å²) in [5.41, 5.74) is 1.11. The van der Waals surface area contributed by atoms with Crippen molar-refractivity contribution in [1.82, 2.24) is 4.90 Å². The van der Waals surface area contributed by atoms with Crippen molar-refractivity contribution in [2.45, 2.75) is 37.2 Å². The predicted octanol–water partition coefficient (Wildman–Crippen LogP) is 2.83. The number of carbonyl (C=O) groups is 4. The van der Waals surface area contributed by atoms with Gasteiger partial charge in [-0.25, -0.2) is 17.2 Å². The molecular weight excluding hydrogens is 484 g/mol. The van der Waals surface area contributed by atoms with Crippen LogP contribution in [0.2, 0.25) is 0 Å². The summed E-state index contributed by atoms with van der Waals surface area (Å²) in [6, 6.07) is 6.84. The van der Waals surface area contributed by atoms with Crippen molar-refractivity contribution in [2.24, 2.45) is 5.92 Å². The van der Waals surface area contributed by atoms with Gasteiger partial charge in [-0.15, -0.1) is 0 Å². The maximum atomic E-state index is 14.7. The molecule has 0 spiro atoms. The fraction of sp³-hybridized carbons (Fsp3) is 0.333. The van der Waals surface area contributed by atoms with Gasteiger partial charge in [0, 0.05) is 23.9 Å². The van der Waals surface area contributed by atoms with Crippen LogP contribution in [0.25, 0.3) is 11.1 Å². The van der Waals surface area contributed by atoms with Gasteiger partial charge in [0.1, 0.15) is 12.5 Å². The highest BCUT2D eigenvalue weighted by Crippen LogP contribution is 2.33. The molecule has 11 heteroatoms. The highest BCUT2D eigenvalue weighted by atomic mass is 32.2. The van der Waals surface area contributed by atoms with E-state index in [1.165, 1.54) is 23.1 Å². The number of nitrogens with zero attached hydrogens (tertiary/aromatic N) is 1. The first kappa shape index (κ1) is 26.1. The summed E-state index contributed by atoms with van der Waals surface area (Å²) >= 11 is 0. The number of carboxylic acids is 1. The van der Waals surface area contributed by atoms with Crippen molar-refractivity contribution in [1.29, 1.82) is 0 Å². The van der Waals surface area contributed by atoms with Crippen LogP contribution >= 0.6 is 0 Å². The minimum atomic E-state index is -3.61. The summed E-state index contributed by atoms with van der Waals surface area (Å²) in [5.74, 6) is -6.52. The monoisotopic (exact) mass is 507 g/mol. The molecule has 0 saturated carbocycles. The van der Waals surface area contributed by atoms with Crippen LogP contribution in [0, 0.1) is 11.7 Å². The lowest BCUT2D eigenvalue weighted by atomic mass is 9.89. The fourth-order valence-electron chi connectivity index (χ4n) is 4.15. The second kappa shape index (κ2) is 10.0. The van der Waals surface area contributed by atoms with Crippen LogP contribution in [0.5, 0.6) is 0 Å². The highest BCUT2D eigenvalue weighted by molar-refractivity contribution is 7.90. The summed E-state index contributed by atoms with van der Waals surface area (Å²) in [6.45, 7) is 0.0832. The summed E-state index contributed by atoms with van der Waals surface area (Å²) in [4.78, 5) is 50.2. The number of ketones is 2. The molecule has 0 bridgehead atoms. The quantitative estimate of drug-likeness (QED) is 0.490. The SMILES string of the molecule is CCC(C(=O)C(CC(=O)O)C(=O)CF)N1Cc2ccc(-c3ccc(S(C)(=O)=O)cc3F)cc2C1=O. The third-order valence-corrected chi connectivity index (χ3v) is 7.07. The summed E-state index contributed by atoms with van der Waals surface area (Å²) in [7, 11) is -3.61. The van der Waals surface area contributed by atoms with Gasteiger partial charge in [0.25, 0.3) is 5.91 Å². The molecule has 2 unspecified atom stereocenters. The van der Waals surface area contributed by atoms with E-state index in [1.807, 2.05) is 0 Å². The number of sulfone groups is 1. The van der Waals surface area contributed by atoms with E-state index in [-0.39, 0.29) is 29.0 Å². The van der Waals surface area contributed by atoms with Crippen LogP contribution in [0.3, 0.4) is 0 Å². The summed E-state index contributed by atoms with van der Waals surface area (Å²) in [6.07, 6.45) is 0.153. The highest BCUT2D eigenvalue weighted by Gasteiger charge is 2.40. The van der Waals surface area contributed by atoms with Crippen LogP contribution < -0.4 is 0 Å². The Bertz CT molecular complexity index is 1320. The Hall–Kier alpha value is -3.47. The van der Waals surface area contributed by atoms with Crippen molar-refractivity contribution >= 4 is 33.3 Å². The van der Waals surface area contributed by atoms with E-state index in [0.29, 0.717) is 11.1 Å². The van der Waals surface area contributed by atoms with Crippen LogP contribution in [0.4, 0.5) is 8.78 Å². The Balaban J connectivity index is 1.93. The number of carboxylic acid groups (broad SMARTS) is 1. The molecule has 8 nitrogen and oxygen atoms in total. The molecule has 0 radical (unpaired) electrons. The molecule has 0 aliphatic carbocycles. The van der Waals surface area contributed by atoms with Gasteiger partial charge in [0.15, 0.2) is 21.4 Å². The summed E-state index contributed by atoms with van der Waals surface area (Å²) < 4.78 is 51.0. The third kappa shape index (κ3) is 5.29.